The van der Waals surface area contributed by atoms with Gasteiger partial charge in [0.15, 0.2) is 0 Å². The summed E-state index contributed by atoms with van der Waals surface area (Å²) in [6, 6.07) is 7.63. The highest BCUT2D eigenvalue weighted by atomic mass is 15.1. The average molecular weight is 239 g/mol. The van der Waals surface area contributed by atoms with Gasteiger partial charge in [0.25, 0.3) is 0 Å². The molecule has 0 radical (unpaired) electrons. The second-order valence-corrected chi connectivity index (χ2v) is 4.65. The summed E-state index contributed by atoms with van der Waals surface area (Å²) >= 11 is 0. The topological polar surface area (TPSA) is 48.8 Å². The number of benzene rings is 1. The van der Waals surface area contributed by atoms with Gasteiger partial charge in [0.05, 0.1) is 0 Å². The maximum Gasteiger partial charge on any atom is 0.0417 e. The molecule has 0 amide bonds. The number of nitrogens with zero attached hydrogens (tertiary/aromatic N) is 3. The van der Waals surface area contributed by atoms with Gasteiger partial charge in [0.2, 0.25) is 0 Å². The Balaban J connectivity index is 2.01. The van der Waals surface area contributed by atoms with Crippen LogP contribution in [0.4, 0.5) is 5.69 Å². The Morgan fingerprint density at radius 2 is 2.00 bits per heavy atom. The number of azide groups is 1. The van der Waals surface area contributed by atoms with E-state index >= 15 is 0 Å². The third-order valence-electron chi connectivity index (χ3n) is 3.33. The maximum atomic E-state index is 8.50. The van der Waals surface area contributed by atoms with Crippen LogP contribution in [0.5, 0.6) is 0 Å². The molecule has 1 fully saturated rings. The summed E-state index contributed by atoms with van der Waals surface area (Å²) in [6.45, 7) is 0. The molecular weight excluding hydrogens is 222 g/mol. The van der Waals surface area contributed by atoms with Crippen LogP contribution in [0.3, 0.4) is 0 Å². The molecule has 0 atom stereocenters. The molecule has 0 unspecified atom stereocenters. The van der Waals surface area contributed by atoms with Crippen LogP contribution < -0.4 is 0 Å². The van der Waals surface area contributed by atoms with E-state index < -0.39 is 0 Å². The standard InChI is InChI=1S/C15H17N3/c16-18-17-15-12-5-4-10-14(15)11-6-9-13-7-2-1-3-8-13/h4-5,10,12-13H,1-3,7-8,11H2. The predicted octanol–water partition coefficient (Wildman–Crippen LogP) is 4.75. The molecule has 1 saturated carbocycles. The van der Waals surface area contributed by atoms with Gasteiger partial charge in [-0.15, -0.1) is 0 Å². The summed E-state index contributed by atoms with van der Waals surface area (Å²) in [4.78, 5) is 2.84. The van der Waals surface area contributed by atoms with Crippen LogP contribution in [0.15, 0.2) is 29.4 Å². The van der Waals surface area contributed by atoms with Gasteiger partial charge in [-0.05, 0) is 23.9 Å². The van der Waals surface area contributed by atoms with E-state index in [4.69, 9.17) is 5.53 Å². The van der Waals surface area contributed by atoms with Crippen molar-refractivity contribution in [2.24, 2.45) is 11.0 Å². The van der Waals surface area contributed by atoms with Crippen LogP contribution in [0.1, 0.15) is 37.7 Å². The highest BCUT2D eigenvalue weighted by Crippen LogP contribution is 2.23. The zero-order valence-corrected chi connectivity index (χ0v) is 10.5. The lowest BCUT2D eigenvalue weighted by Gasteiger charge is -2.15. The molecule has 1 aliphatic rings. The van der Waals surface area contributed by atoms with Gasteiger partial charge >= 0.3 is 0 Å². The third kappa shape index (κ3) is 3.55. The van der Waals surface area contributed by atoms with E-state index in [1.54, 1.807) is 0 Å². The lowest BCUT2D eigenvalue weighted by Crippen LogP contribution is -2.03. The van der Waals surface area contributed by atoms with Gasteiger partial charge in [-0.3, -0.25) is 0 Å². The summed E-state index contributed by atoms with van der Waals surface area (Å²) in [7, 11) is 0. The molecule has 0 N–H and O–H groups in total. The molecule has 3 nitrogen and oxygen atoms in total. The van der Waals surface area contributed by atoms with Crippen molar-refractivity contribution in [3.05, 3.63) is 40.3 Å². The van der Waals surface area contributed by atoms with Gasteiger partial charge < -0.3 is 0 Å². The Morgan fingerprint density at radius 1 is 1.22 bits per heavy atom. The van der Waals surface area contributed by atoms with Gasteiger partial charge in [0.1, 0.15) is 0 Å². The summed E-state index contributed by atoms with van der Waals surface area (Å²) in [6.07, 6.45) is 7.14. The number of rotatable bonds is 2. The van der Waals surface area contributed by atoms with E-state index in [0.717, 1.165) is 5.56 Å². The van der Waals surface area contributed by atoms with Crippen LogP contribution in [-0.2, 0) is 6.42 Å². The molecule has 1 aromatic carbocycles. The van der Waals surface area contributed by atoms with Crippen LogP contribution in [0.25, 0.3) is 10.4 Å². The van der Waals surface area contributed by atoms with Crippen LogP contribution in [-0.4, -0.2) is 0 Å². The van der Waals surface area contributed by atoms with Crippen molar-refractivity contribution in [1.29, 1.82) is 0 Å². The van der Waals surface area contributed by atoms with Crippen molar-refractivity contribution in [3.8, 4) is 11.8 Å². The summed E-state index contributed by atoms with van der Waals surface area (Å²) < 4.78 is 0. The Morgan fingerprint density at radius 3 is 2.78 bits per heavy atom. The summed E-state index contributed by atoms with van der Waals surface area (Å²) in [5.74, 6) is 7.17. The quantitative estimate of drug-likeness (QED) is 0.309. The second kappa shape index (κ2) is 6.74. The van der Waals surface area contributed by atoms with Crippen molar-refractivity contribution >= 4 is 5.69 Å². The summed E-state index contributed by atoms with van der Waals surface area (Å²) in [5, 5.41) is 3.68. The fourth-order valence-corrected chi connectivity index (χ4v) is 2.34. The molecule has 0 aliphatic heterocycles. The molecule has 0 saturated heterocycles. The first kappa shape index (κ1) is 12.5. The lowest BCUT2D eigenvalue weighted by atomic mass is 9.90. The smallest absolute Gasteiger partial charge is 0.0417 e. The Labute approximate surface area is 108 Å². The van der Waals surface area contributed by atoms with E-state index in [2.05, 4.69) is 21.9 Å². The fraction of sp³-hybridized carbons (Fsp3) is 0.467. The maximum absolute atomic E-state index is 8.50. The Bertz CT molecular complexity index is 498. The van der Waals surface area contributed by atoms with Crippen molar-refractivity contribution in [3.63, 3.8) is 0 Å². The van der Waals surface area contributed by atoms with Gasteiger partial charge in [-0.2, -0.15) is 0 Å². The lowest BCUT2D eigenvalue weighted by molar-refractivity contribution is 0.430. The Kier molecular flexibility index (Phi) is 4.69. The number of hydrogen-bond donors (Lipinski definition) is 0. The molecule has 92 valence electrons. The Hall–Kier alpha value is -1.91. The first-order valence-corrected chi connectivity index (χ1v) is 6.51. The first-order chi connectivity index (χ1) is 8.90. The summed E-state index contributed by atoms with van der Waals surface area (Å²) in [5.41, 5.74) is 10.2. The molecule has 0 aromatic heterocycles. The first-order valence-electron chi connectivity index (χ1n) is 6.51. The van der Waals surface area contributed by atoms with Gasteiger partial charge in [0, 0.05) is 22.9 Å². The normalized spacial score (nSPS) is 15.3. The molecule has 0 spiro atoms. The molecule has 3 heteroatoms. The van der Waals surface area contributed by atoms with Crippen molar-refractivity contribution < 1.29 is 0 Å². The molecule has 0 bridgehead atoms. The van der Waals surface area contributed by atoms with Gasteiger partial charge in [-0.25, -0.2) is 0 Å². The van der Waals surface area contributed by atoms with Crippen molar-refractivity contribution in [2.75, 3.05) is 0 Å². The molecule has 0 heterocycles. The van der Waals surface area contributed by atoms with Crippen molar-refractivity contribution in [2.45, 2.75) is 38.5 Å². The predicted molar refractivity (Wildman–Crippen MR) is 73.3 cm³/mol. The minimum atomic E-state index is 0.574. The SMILES string of the molecule is [N-]=[N+]=Nc1ccccc1CC#CC1CCCCC1. The molecular formula is C15H17N3. The third-order valence-corrected chi connectivity index (χ3v) is 3.33. The zero-order valence-electron chi connectivity index (χ0n) is 10.5. The van der Waals surface area contributed by atoms with E-state index in [0.29, 0.717) is 18.0 Å². The van der Waals surface area contributed by atoms with E-state index in [9.17, 15) is 0 Å². The molecule has 1 aromatic rings. The minimum absolute atomic E-state index is 0.574. The van der Waals surface area contributed by atoms with E-state index in [1.165, 1.54) is 32.1 Å². The largest absolute Gasteiger partial charge is 0.0996 e. The number of hydrogen-bond acceptors (Lipinski definition) is 1. The average Bonchev–Trinajstić information content (AvgIpc) is 2.42. The van der Waals surface area contributed by atoms with Crippen LogP contribution in [0, 0.1) is 17.8 Å². The van der Waals surface area contributed by atoms with Crippen molar-refractivity contribution in [1.82, 2.24) is 0 Å². The van der Waals surface area contributed by atoms with E-state index in [1.807, 2.05) is 24.3 Å². The fourth-order valence-electron chi connectivity index (χ4n) is 2.34. The molecule has 2 rings (SSSR count). The zero-order chi connectivity index (χ0) is 12.6. The molecule has 1 aliphatic carbocycles. The second-order valence-electron chi connectivity index (χ2n) is 4.65. The molecule has 18 heavy (non-hydrogen) atoms. The monoisotopic (exact) mass is 239 g/mol. The highest BCUT2D eigenvalue weighted by Gasteiger charge is 2.09. The van der Waals surface area contributed by atoms with Crippen LogP contribution >= 0.6 is 0 Å². The van der Waals surface area contributed by atoms with Gasteiger partial charge in [-0.1, -0.05) is 60.5 Å². The minimum Gasteiger partial charge on any atom is -0.0996 e. The highest BCUT2D eigenvalue weighted by molar-refractivity contribution is 5.47. The van der Waals surface area contributed by atoms with E-state index in [-0.39, 0.29) is 0 Å². The van der Waals surface area contributed by atoms with Crippen LogP contribution in [0.2, 0.25) is 0 Å².